The fourth-order valence-electron chi connectivity index (χ4n) is 3.42. The maximum absolute atomic E-state index is 12.5. The molecule has 1 atom stereocenters. The van der Waals surface area contributed by atoms with E-state index in [4.69, 9.17) is 19.9 Å². The summed E-state index contributed by atoms with van der Waals surface area (Å²) >= 11 is 1.25. The van der Waals surface area contributed by atoms with E-state index in [1.54, 1.807) is 5.38 Å². The van der Waals surface area contributed by atoms with Gasteiger partial charge in [-0.2, -0.15) is 0 Å². The predicted molar refractivity (Wildman–Crippen MR) is 105 cm³/mol. The van der Waals surface area contributed by atoms with Crippen molar-refractivity contribution in [1.29, 1.82) is 0 Å². The normalized spacial score (nSPS) is 16.9. The van der Waals surface area contributed by atoms with Gasteiger partial charge in [0.25, 0.3) is 5.91 Å². The number of nitrogens with one attached hydrogen (secondary N) is 1. The van der Waals surface area contributed by atoms with E-state index < -0.39 is 0 Å². The highest BCUT2D eigenvalue weighted by Gasteiger charge is 2.25. The van der Waals surface area contributed by atoms with Crippen LogP contribution in [0.1, 0.15) is 28.5 Å². The minimum atomic E-state index is -0.237. The van der Waals surface area contributed by atoms with Crippen LogP contribution >= 0.6 is 11.3 Å². The Morgan fingerprint density at radius 1 is 1.07 bits per heavy atom. The first-order chi connectivity index (χ1) is 13.7. The Bertz CT molecular complexity index is 1070. The summed E-state index contributed by atoms with van der Waals surface area (Å²) in [6.07, 6.45) is 0.683. The van der Waals surface area contributed by atoms with E-state index in [2.05, 4.69) is 10.3 Å². The number of aromatic nitrogens is 1. The van der Waals surface area contributed by atoms with Gasteiger partial charge in [0.2, 0.25) is 6.79 Å². The van der Waals surface area contributed by atoms with Gasteiger partial charge >= 0.3 is 0 Å². The third-order valence-electron chi connectivity index (χ3n) is 4.82. The predicted octanol–water partition coefficient (Wildman–Crippen LogP) is 3.37. The van der Waals surface area contributed by atoms with Gasteiger partial charge in [-0.05, 0) is 35.4 Å². The number of ether oxygens (including phenoxy) is 3. The van der Waals surface area contributed by atoms with Crippen LogP contribution in [0, 0.1) is 0 Å². The van der Waals surface area contributed by atoms with Crippen LogP contribution in [0.25, 0.3) is 11.1 Å². The Morgan fingerprint density at radius 2 is 1.86 bits per heavy atom. The molecule has 0 fully saturated rings. The first kappa shape index (κ1) is 16.9. The van der Waals surface area contributed by atoms with Crippen LogP contribution in [-0.2, 0) is 0 Å². The highest BCUT2D eigenvalue weighted by molar-refractivity contribution is 7.13. The molecule has 0 spiro atoms. The first-order valence-electron chi connectivity index (χ1n) is 8.86. The molecule has 0 radical (unpaired) electrons. The lowest BCUT2D eigenvalue weighted by molar-refractivity contribution is 0.0920. The smallest absolute Gasteiger partial charge is 0.271 e. The average Bonchev–Trinajstić information content (AvgIpc) is 3.36. The fourth-order valence-corrected chi connectivity index (χ4v) is 3.97. The van der Waals surface area contributed by atoms with Crippen LogP contribution in [0.5, 0.6) is 17.2 Å². The van der Waals surface area contributed by atoms with Crippen molar-refractivity contribution in [2.75, 3.05) is 19.1 Å². The standard InChI is InChI=1S/C20H17N3O4S/c21-20-23-15(9-28-20)19(24)22-14-5-6-25-16-3-1-11(7-13(14)16)12-2-4-17-18(8-12)27-10-26-17/h1-4,7-9,14H,5-6,10H2,(H2,21,23)(H,22,24). The second-order valence-electron chi connectivity index (χ2n) is 6.55. The Balaban J connectivity index is 1.45. The molecule has 3 N–H and O–H groups in total. The van der Waals surface area contributed by atoms with Gasteiger partial charge in [-0.25, -0.2) is 4.98 Å². The van der Waals surface area contributed by atoms with E-state index in [1.165, 1.54) is 11.3 Å². The molecular weight excluding hydrogens is 378 g/mol. The fraction of sp³-hybridized carbons (Fsp3) is 0.200. The summed E-state index contributed by atoms with van der Waals surface area (Å²) in [4.78, 5) is 16.6. The summed E-state index contributed by atoms with van der Waals surface area (Å²) in [5, 5.41) is 5.09. The average molecular weight is 395 g/mol. The molecule has 0 saturated heterocycles. The summed E-state index contributed by atoms with van der Waals surface area (Å²) in [6.45, 7) is 0.784. The molecule has 2 aliphatic rings. The molecule has 0 bridgehead atoms. The van der Waals surface area contributed by atoms with Crippen LogP contribution in [-0.4, -0.2) is 24.3 Å². The lowest BCUT2D eigenvalue weighted by atomic mass is 9.95. The lowest BCUT2D eigenvalue weighted by Crippen LogP contribution is -2.32. The minimum absolute atomic E-state index is 0.159. The van der Waals surface area contributed by atoms with Crippen molar-refractivity contribution in [3.8, 4) is 28.4 Å². The third kappa shape index (κ3) is 3.01. The number of carbonyl (C=O) groups excluding carboxylic acids is 1. The van der Waals surface area contributed by atoms with Crippen molar-refractivity contribution >= 4 is 22.4 Å². The van der Waals surface area contributed by atoms with Gasteiger partial charge in [0.05, 0.1) is 12.6 Å². The van der Waals surface area contributed by atoms with Gasteiger partial charge < -0.3 is 25.3 Å². The summed E-state index contributed by atoms with van der Waals surface area (Å²) in [5.41, 5.74) is 8.94. The van der Waals surface area contributed by atoms with E-state index in [-0.39, 0.29) is 18.7 Å². The third-order valence-corrected chi connectivity index (χ3v) is 5.49. The number of hydrogen-bond donors (Lipinski definition) is 2. The summed E-state index contributed by atoms with van der Waals surface area (Å²) < 4.78 is 16.6. The van der Waals surface area contributed by atoms with Crippen LogP contribution in [0.4, 0.5) is 5.13 Å². The molecular formula is C20H17N3O4S. The molecule has 7 nitrogen and oxygen atoms in total. The van der Waals surface area contributed by atoms with Gasteiger partial charge in [0.15, 0.2) is 16.6 Å². The second kappa shape index (κ2) is 6.72. The SMILES string of the molecule is Nc1nc(C(=O)NC2CCOc3ccc(-c4ccc5c(c4)OCO5)cc32)cs1. The van der Waals surface area contributed by atoms with E-state index in [0.29, 0.717) is 23.9 Å². The molecule has 142 valence electrons. The second-order valence-corrected chi connectivity index (χ2v) is 7.44. The number of thiazole rings is 1. The van der Waals surface area contributed by atoms with Gasteiger partial charge in [0, 0.05) is 17.4 Å². The number of nitrogens with zero attached hydrogens (tertiary/aromatic N) is 1. The largest absolute Gasteiger partial charge is 0.493 e. The maximum Gasteiger partial charge on any atom is 0.271 e. The highest BCUT2D eigenvalue weighted by Crippen LogP contribution is 2.39. The van der Waals surface area contributed by atoms with E-state index in [0.717, 1.165) is 33.9 Å². The lowest BCUT2D eigenvalue weighted by Gasteiger charge is -2.27. The van der Waals surface area contributed by atoms with E-state index in [9.17, 15) is 4.79 Å². The summed E-state index contributed by atoms with van der Waals surface area (Å²) in [5.74, 6) is 2.02. The van der Waals surface area contributed by atoms with Crippen LogP contribution in [0.3, 0.4) is 0 Å². The number of hydrogen-bond acceptors (Lipinski definition) is 7. The molecule has 3 heterocycles. The van der Waals surface area contributed by atoms with Gasteiger partial charge in [-0.15, -0.1) is 11.3 Å². The summed E-state index contributed by atoms with van der Waals surface area (Å²) in [7, 11) is 0. The zero-order valence-corrected chi connectivity index (χ0v) is 15.6. The zero-order valence-electron chi connectivity index (χ0n) is 14.8. The molecule has 28 heavy (non-hydrogen) atoms. The molecule has 0 saturated carbocycles. The van der Waals surface area contributed by atoms with Gasteiger partial charge in [0.1, 0.15) is 11.4 Å². The van der Waals surface area contributed by atoms with Crippen molar-refractivity contribution < 1.29 is 19.0 Å². The number of fused-ring (bicyclic) bond motifs is 2. The number of amides is 1. The Labute approximate surface area is 165 Å². The molecule has 3 aromatic rings. The quantitative estimate of drug-likeness (QED) is 0.706. The number of nitrogens with two attached hydrogens (primary N) is 1. The Kier molecular flexibility index (Phi) is 4.05. The molecule has 1 aromatic heterocycles. The molecule has 2 aromatic carbocycles. The molecule has 0 aliphatic carbocycles. The molecule has 2 aliphatic heterocycles. The number of anilines is 1. The van der Waals surface area contributed by atoms with Crippen molar-refractivity contribution in [3.63, 3.8) is 0 Å². The minimum Gasteiger partial charge on any atom is -0.493 e. The van der Waals surface area contributed by atoms with Crippen LogP contribution in [0.2, 0.25) is 0 Å². The van der Waals surface area contributed by atoms with Crippen LogP contribution in [0.15, 0.2) is 41.8 Å². The van der Waals surface area contributed by atoms with Gasteiger partial charge in [-0.3, -0.25) is 4.79 Å². The van der Waals surface area contributed by atoms with Crippen molar-refractivity contribution in [3.05, 3.63) is 53.0 Å². The van der Waals surface area contributed by atoms with E-state index in [1.807, 2.05) is 36.4 Å². The first-order valence-corrected chi connectivity index (χ1v) is 9.74. The molecule has 5 rings (SSSR count). The summed E-state index contributed by atoms with van der Waals surface area (Å²) in [6, 6.07) is 11.7. The monoisotopic (exact) mass is 395 g/mol. The molecule has 1 amide bonds. The van der Waals surface area contributed by atoms with E-state index >= 15 is 0 Å². The van der Waals surface area contributed by atoms with Gasteiger partial charge in [-0.1, -0.05) is 12.1 Å². The number of rotatable bonds is 3. The number of carbonyl (C=O) groups is 1. The number of benzene rings is 2. The van der Waals surface area contributed by atoms with Crippen molar-refractivity contribution in [2.24, 2.45) is 0 Å². The molecule has 8 heteroatoms. The maximum atomic E-state index is 12.5. The zero-order chi connectivity index (χ0) is 19.1. The number of nitrogen functional groups attached to an aromatic ring is 1. The highest BCUT2D eigenvalue weighted by atomic mass is 32.1. The van der Waals surface area contributed by atoms with Crippen LogP contribution < -0.4 is 25.3 Å². The molecule has 1 unspecified atom stereocenters. The Morgan fingerprint density at radius 3 is 2.68 bits per heavy atom. The van der Waals surface area contributed by atoms with Crippen molar-refractivity contribution in [1.82, 2.24) is 10.3 Å². The van der Waals surface area contributed by atoms with Crippen molar-refractivity contribution in [2.45, 2.75) is 12.5 Å². The Hall–Kier alpha value is -3.26. The topological polar surface area (TPSA) is 95.7 Å².